The van der Waals surface area contributed by atoms with Crippen LogP contribution in [0.3, 0.4) is 0 Å². The summed E-state index contributed by atoms with van der Waals surface area (Å²) >= 11 is 0. The molecule has 0 aromatic heterocycles. The Kier molecular flexibility index (Phi) is 4.09. The van der Waals surface area contributed by atoms with Crippen molar-refractivity contribution >= 4 is 9.84 Å². The molecule has 1 rings (SSSR count). The Bertz CT molecular complexity index is 583. The summed E-state index contributed by atoms with van der Waals surface area (Å²) in [5, 5.41) is 8.67. The van der Waals surface area contributed by atoms with Crippen molar-refractivity contribution in [3.8, 4) is 6.07 Å². The van der Waals surface area contributed by atoms with Crippen molar-refractivity contribution in [3.63, 3.8) is 0 Å². The van der Waals surface area contributed by atoms with Gasteiger partial charge in [-0.15, -0.1) is 0 Å². The van der Waals surface area contributed by atoms with E-state index in [0.717, 1.165) is 6.07 Å². The number of nitrogens with zero attached hydrogens (tertiary/aromatic N) is 1. The highest BCUT2D eigenvalue weighted by molar-refractivity contribution is 7.90. The smallest absolute Gasteiger partial charge is 0.156 e. The molecule has 0 spiro atoms. The summed E-state index contributed by atoms with van der Waals surface area (Å²) in [6.07, 6.45) is 0. The second kappa shape index (κ2) is 5.04. The lowest BCUT2D eigenvalue weighted by Crippen LogP contribution is -2.40. The lowest BCUT2D eigenvalue weighted by Gasteiger charge is -2.18. The summed E-state index contributed by atoms with van der Waals surface area (Å²) in [4.78, 5) is 0. The van der Waals surface area contributed by atoms with Crippen LogP contribution in [0.1, 0.15) is 25.0 Å². The summed E-state index contributed by atoms with van der Waals surface area (Å²) < 4.78 is 36.8. The minimum absolute atomic E-state index is 0.158. The Labute approximate surface area is 106 Å². The van der Waals surface area contributed by atoms with Crippen LogP contribution in [0.5, 0.6) is 0 Å². The van der Waals surface area contributed by atoms with Crippen LogP contribution in [0.2, 0.25) is 0 Å². The predicted octanol–water partition coefficient (Wildman–Crippen LogP) is 1.35. The number of nitriles is 1. The highest BCUT2D eigenvalue weighted by atomic mass is 32.2. The van der Waals surface area contributed by atoms with Crippen LogP contribution < -0.4 is 5.73 Å². The Morgan fingerprint density at radius 1 is 1.44 bits per heavy atom. The first-order chi connectivity index (χ1) is 8.13. The largest absolute Gasteiger partial charge is 0.325 e. The van der Waals surface area contributed by atoms with E-state index in [1.165, 1.54) is 12.1 Å². The number of sulfone groups is 1. The van der Waals surface area contributed by atoms with Crippen molar-refractivity contribution < 1.29 is 12.8 Å². The van der Waals surface area contributed by atoms with Gasteiger partial charge in [-0.25, -0.2) is 12.8 Å². The highest BCUT2D eigenvalue weighted by Crippen LogP contribution is 2.14. The molecule has 0 amide bonds. The van der Waals surface area contributed by atoms with Crippen molar-refractivity contribution in [2.45, 2.75) is 25.1 Å². The molecular formula is C12H15FN2O2S. The predicted molar refractivity (Wildman–Crippen MR) is 66.9 cm³/mol. The average molecular weight is 270 g/mol. The maximum atomic E-state index is 13.1. The van der Waals surface area contributed by atoms with Crippen LogP contribution in [0, 0.1) is 17.1 Å². The molecule has 0 aliphatic heterocycles. The van der Waals surface area contributed by atoms with Crippen molar-refractivity contribution in [2.75, 3.05) is 5.75 Å². The fourth-order valence-corrected chi connectivity index (χ4v) is 3.54. The third-order valence-corrected chi connectivity index (χ3v) is 4.09. The molecule has 98 valence electrons. The first-order valence-corrected chi connectivity index (χ1v) is 7.13. The van der Waals surface area contributed by atoms with Gasteiger partial charge in [0.1, 0.15) is 11.9 Å². The quantitative estimate of drug-likeness (QED) is 0.895. The van der Waals surface area contributed by atoms with Crippen LogP contribution in [-0.2, 0) is 15.6 Å². The first-order valence-electron chi connectivity index (χ1n) is 5.31. The van der Waals surface area contributed by atoms with Gasteiger partial charge >= 0.3 is 0 Å². The minimum atomic E-state index is -3.39. The van der Waals surface area contributed by atoms with E-state index in [-0.39, 0.29) is 17.1 Å². The van der Waals surface area contributed by atoms with E-state index in [0.29, 0.717) is 5.56 Å². The number of hydrogen-bond acceptors (Lipinski definition) is 4. The van der Waals surface area contributed by atoms with Crippen LogP contribution in [0.15, 0.2) is 18.2 Å². The molecule has 1 aromatic rings. The molecule has 6 heteroatoms. The minimum Gasteiger partial charge on any atom is -0.325 e. The number of hydrogen-bond donors (Lipinski definition) is 1. The number of rotatable bonds is 4. The van der Waals surface area contributed by atoms with Gasteiger partial charge in [0.25, 0.3) is 0 Å². The molecule has 0 saturated carbocycles. The van der Waals surface area contributed by atoms with Gasteiger partial charge in [-0.3, -0.25) is 0 Å². The van der Waals surface area contributed by atoms with Gasteiger partial charge in [-0.05, 0) is 31.5 Å². The SMILES string of the molecule is CC(C)(N)CS(=O)(=O)Cc1ccc(F)c(C#N)c1. The molecule has 0 saturated heterocycles. The third-order valence-electron chi connectivity index (χ3n) is 2.13. The molecule has 0 radical (unpaired) electrons. The molecule has 0 heterocycles. The van der Waals surface area contributed by atoms with E-state index in [1.54, 1.807) is 19.9 Å². The zero-order valence-electron chi connectivity index (χ0n) is 10.3. The van der Waals surface area contributed by atoms with Crippen molar-refractivity contribution in [2.24, 2.45) is 5.73 Å². The number of benzene rings is 1. The van der Waals surface area contributed by atoms with Crippen LogP contribution in [0.25, 0.3) is 0 Å². The van der Waals surface area contributed by atoms with Gasteiger partial charge in [0.15, 0.2) is 9.84 Å². The number of nitrogens with two attached hydrogens (primary N) is 1. The maximum Gasteiger partial charge on any atom is 0.156 e. The molecule has 1 aromatic carbocycles. The van der Waals surface area contributed by atoms with E-state index in [4.69, 9.17) is 11.0 Å². The second-order valence-corrected chi connectivity index (χ2v) is 7.01. The Morgan fingerprint density at radius 3 is 2.56 bits per heavy atom. The van der Waals surface area contributed by atoms with Crippen molar-refractivity contribution in [1.29, 1.82) is 5.26 Å². The summed E-state index contributed by atoms with van der Waals surface area (Å²) in [5.74, 6) is -1.07. The lowest BCUT2D eigenvalue weighted by atomic mass is 10.1. The molecule has 0 fully saturated rings. The molecule has 0 aliphatic carbocycles. The molecule has 0 bridgehead atoms. The van der Waals surface area contributed by atoms with Gasteiger partial charge in [0, 0.05) is 5.54 Å². The van der Waals surface area contributed by atoms with Gasteiger partial charge in [0.2, 0.25) is 0 Å². The van der Waals surface area contributed by atoms with E-state index in [1.807, 2.05) is 0 Å². The molecule has 0 aliphatic rings. The average Bonchev–Trinajstić information content (AvgIpc) is 2.16. The van der Waals surface area contributed by atoms with Crippen LogP contribution in [-0.4, -0.2) is 19.7 Å². The van der Waals surface area contributed by atoms with Crippen LogP contribution in [0.4, 0.5) is 4.39 Å². The fraction of sp³-hybridized carbons (Fsp3) is 0.417. The lowest BCUT2D eigenvalue weighted by molar-refractivity contribution is 0.543. The van der Waals surface area contributed by atoms with Gasteiger partial charge in [-0.2, -0.15) is 5.26 Å². The van der Waals surface area contributed by atoms with Crippen LogP contribution >= 0.6 is 0 Å². The zero-order valence-corrected chi connectivity index (χ0v) is 11.1. The second-order valence-electron chi connectivity index (χ2n) is 4.95. The Morgan fingerprint density at radius 2 is 2.06 bits per heavy atom. The fourth-order valence-electron chi connectivity index (χ4n) is 1.62. The van der Waals surface area contributed by atoms with Gasteiger partial charge < -0.3 is 5.73 Å². The maximum absolute atomic E-state index is 13.1. The molecular weight excluding hydrogens is 255 g/mol. The molecule has 18 heavy (non-hydrogen) atoms. The highest BCUT2D eigenvalue weighted by Gasteiger charge is 2.22. The van der Waals surface area contributed by atoms with Gasteiger partial charge in [0.05, 0.1) is 17.1 Å². The summed E-state index contributed by atoms with van der Waals surface area (Å²) in [7, 11) is -3.39. The zero-order chi connectivity index (χ0) is 14.0. The monoisotopic (exact) mass is 270 g/mol. The standard InChI is InChI=1S/C12H15FN2O2S/c1-12(2,15)8-18(16,17)7-9-3-4-11(13)10(5-9)6-14/h3-5H,7-8,15H2,1-2H3. The van der Waals surface area contributed by atoms with Crippen molar-refractivity contribution in [3.05, 3.63) is 35.1 Å². The molecule has 2 N–H and O–H groups in total. The molecule has 0 unspecified atom stereocenters. The topological polar surface area (TPSA) is 84.0 Å². The number of halogens is 1. The first kappa shape index (κ1) is 14.6. The van der Waals surface area contributed by atoms with E-state index >= 15 is 0 Å². The van der Waals surface area contributed by atoms with Gasteiger partial charge in [-0.1, -0.05) is 6.07 Å². The third kappa shape index (κ3) is 4.43. The molecule has 4 nitrogen and oxygen atoms in total. The van der Waals surface area contributed by atoms with Crippen molar-refractivity contribution in [1.82, 2.24) is 0 Å². The van der Waals surface area contributed by atoms with E-state index in [9.17, 15) is 12.8 Å². The van der Waals surface area contributed by atoms with E-state index in [2.05, 4.69) is 0 Å². The molecule has 0 atom stereocenters. The summed E-state index contributed by atoms with van der Waals surface area (Å²) in [6, 6.07) is 5.37. The van der Waals surface area contributed by atoms with E-state index < -0.39 is 21.2 Å². The Hall–Kier alpha value is -1.45. The summed E-state index contributed by atoms with van der Waals surface area (Å²) in [5.41, 5.74) is 5.07. The Balaban J connectivity index is 2.96. The normalized spacial score (nSPS) is 12.2. The summed E-state index contributed by atoms with van der Waals surface area (Å²) in [6.45, 7) is 3.24.